The third-order valence-electron chi connectivity index (χ3n) is 5.27. The van der Waals surface area contributed by atoms with Gasteiger partial charge in [0.1, 0.15) is 0 Å². The summed E-state index contributed by atoms with van der Waals surface area (Å²) < 4.78 is 19.7. The van der Waals surface area contributed by atoms with Gasteiger partial charge in [0.05, 0.1) is 0 Å². The van der Waals surface area contributed by atoms with Crippen molar-refractivity contribution < 1.29 is 9.13 Å². The lowest BCUT2D eigenvalue weighted by Crippen LogP contribution is -2.20. The minimum Gasteiger partial charge on any atom is -0.421 e. The van der Waals surface area contributed by atoms with Gasteiger partial charge in [0.15, 0.2) is 11.6 Å². The number of hydrogen-bond donors (Lipinski definition) is 2. The molecule has 0 unspecified atom stereocenters. The Hall–Kier alpha value is -2.93. The number of nitrogens with zero attached hydrogens (tertiary/aromatic N) is 3. The molecular weight excluding hydrogens is 417 g/mol. The van der Waals surface area contributed by atoms with Crippen molar-refractivity contribution in [1.82, 2.24) is 15.0 Å². The van der Waals surface area contributed by atoms with E-state index in [1.165, 1.54) is 37.8 Å². The number of halogens is 2. The van der Waals surface area contributed by atoms with Gasteiger partial charge in [0.2, 0.25) is 11.9 Å². The Bertz CT molecular complexity index is 1040. The van der Waals surface area contributed by atoms with Crippen LogP contribution in [0, 0.1) is 12.7 Å². The third-order valence-corrected chi connectivity index (χ3v) is 5.68. The molecule has 162 valence electrons. The molecule has 1 heterocycles. The fraction of sp³-hybridized carbons (Fsp3) is 0.348. The molecule has 0 radical (unpaired) electrons. The van der Waals surface area contributed by atoms with Crippen LogP contribution in [0.15, 0.2) is 42.5 Å². The van der Waals surface area contributed by atoms with Crippen molar-refractivity contribution in [2.75, 3.05) is 10.6 Å². The smallest absolute Gasteiger partial charge is 0.328 e. The average molecular weight is 442 g/mol. The van der Waals surface area contributed by atoms with Crippen LogP contribution >= 0.6 is 11.6 Å². The van der Waals surface area contributed by atoms with Crippen LogP contribution in [0.4, 0.5) is 22.0 Å². The number of aromatic nitrogens is 3. The fourth-order valence-corrected chi connectivity index (χ4v) is 3.73. The predicted octanol–water partition coefficient (Wildman–Crippen LogP) is 6.64. The maximum Gasteiger partial charge on any atom is 0.328 e. The molecule has 0 saturated heterocycles. The minimum atomic E-state index is -0.485. The summed E-state index contributed by atoms with van der Waals surface area (Å²) in [5, 5.41) is 7.19. The van der Waals surface area contributed by atoms with Crippen molar-refractivity contribution in [3.63, 3.8) is 0 Å². The Morgan fingerprint density at radius 3 is 2.45 bits per heavy atom. The molecule has 1 aromatic heterocycles. The van der Waals surface area contributed by atoms with Gasteiger partial charge in [0.25, 0.3) is 0 Å². The zero-order valence-corrected chi connectivity index (χ0v) is 18.1. The Morgan fingerprint density at radius 2 is 1.71 bits per heavy atom. The number of aryl methyl sites for hydroxylation is 1. The summed E-state index contributed by atoms with van der Waals surface area (Å²) in [4.78, 5) is 13.2. The molecule has 31 heavy (non-hydrogen) atoms. The molecule has 4 rings (SSSR count). The Morgan fingerprint density at radius 1 is 0.968 bits per heavy atom. The van der Waals surface area contributed by atoms with Gasteiger partial charge in [-0.25, -0.2) is 4.39 Å². The second-order valence-corrected chi connectivity index (χ2v) is 8.13. The SMILES string of the molecule is Cc1ccc(Nc2nc(NC3CCCCCC3)nc(Oc3ccccc3F)n2)cc1Cl. The molecule has 8 heteroatoms. The zero-order chi connectivity index (χ0) is 21.6. The van der Waals surface area contributed by atoms with Crippen LogP contribution in [-0.2, 0) is 0 Å². The number of hydrogen-bond acceptors (Lipinski definition) is 6. The first-order chi connectivity index (χ1) is 15.1. The molecule has 0 amide bonds. The zero-order valence-electron chi connectivity index (χ0n) is 17.4. The van der Waals surface area contributed by atoms with E-state index in [0.717, 1.165) is 24.1 Å². The van der Waals surface area contributed by atoms with Gasteiger partial charge in [-0.05, 0) is 49.6 Å². The second kappa shape index (κ2) is 9.92. The molecule has 0 atom stereocenters. The van der Waals surface area contributed by atoms with Crippen LogP contribution in [0.1, 0.15) is 44.1 Å². The van der Waals surface area contributed by atoms with Gasteiger partial charge in [-0.1, -0.05) is 55.5 Å². The van der Waals surface area contributed by atoms with Crippen molar-refractivity contribution >= 4 is 29.2 Å². The summed E-state index contributed by atoms with van der Waals surface area (Å²) in [6.45, 7) is 1.93. The number of rotatable bonds is 6. The lowest BCUT2D eigenvalue weighted by Gasteiger charge is -2.17. The maximum atomic E-state index is 14.1. The first-order valence-corrected chi connectivity index (χ1v) is 10.9. The molecule has 3 aromatic rings. The van der Waals surface area contributed by atoms with E-state index in [0.29, 0.717) is 11.0 Å². The summed E-state index contributed by atoms with van der Waals surface area (Å²) in [5.41, 5.74) is 1.71. The number of para-hydroxylation sites is 1. The summed E-state index contributed by atoms with van der Waals surface area (Å²) in [6.07, 6.45) is 6.97. The quantitative estimate of drug-likeness (QED) is 0.417. The highest BCUT2D eigenvalue weighted by atomic mass is 35.5. The molecule has 1 fully saturated rings. The second-order valence-electron chi connectivity index (χ2n) is 7.72. The standard InChI is InChI=1S/C23H25ClFN5O/c1-15-12-13-17(14-18(15)24)27-22-28-21(26-16-8-4-2-3-5-9-16)29-23(30-22)31-20-11-7-6-10-19(20)25/h6-7,10-14,16H,2-5,8-9H2,1H3,(H2,26,27,28,29,30). The summed E-state index contributed by atoms with van der Waals surface area (Å²) in [6, 6.07) is 12.1. The summed E-state index contributed by atoms with van der Waals surface area (Å²) in [7, 11) is 0. The number of nitrogens with one attached hydrogen (secondary N) is 2. The van der Waals surface area contributed by atoms with Gasteiger partial charge < -0.3 is 15.4 Å². The molecule has 0 aliphatic heterocycles. The molecule has 0 spiro atoms. The molecule has 1 aliphatic rings. The van der Waals surface area contributed by atoms with Gasteiger partial charge in [0, 0.05) is 16.8 Å². The maximum absolute atomic E-state index is 14.1. The summed E-state index contributed by atoms with van der Waals surface area (Å²) >= 11 is 6.24. The van der Waals surface area contributed by atoms with Crippen molar-refractivity contribution in [3.05, 3.63) is 58.9 Å². The van der Waals surface area contributed by atoms with E-state index in [-0.39, 0.29) is 23.8 Å². The highest BCUT2D eigenvalue weighted by Gasteiger charge is 2.16. The fourth-order valence-electron chi connectivity index (χ4n) is 3.55. The average Bonchev–Trinajstić information content (AvgIpc) is 3.01. The van der Waals surface area contributed by atoms with Crippen molar-refractivity contribution in [3.8, 4) is 11.8 Å². The van der Waals surface area contributed by atoms with Crippen LogP contribution in [0.25, 0.3) is 0 Å². The minimum absolute atomic E-state index is 0.0110. The van der Waals surface area contributed by atoms with E-state index >= 15 is 0 Å². The van der Waals surface area contributed by atoms with Gasteiger partial charge in [-0.15, -0.1) is 0 Å². The van der Waals surface area contributed by atoms with E-state index in [1.54, 1.807) is 18.2 Å². The first kappa shape index (κ1) is 21.3. The van der Waals surface area contributed by atoms with Gasteiger partial charge in [-0.3, -0.25) is 0 Å². The van der Waals surface area contributed by atoms with E-state index in [1.807, 2.05) is 19.1 Å². The molecule has 0 bridgehead atoms. The first-order valence-electron chi connectivity index (χ1n) is 10.5. The normalized spacial score (nSPS) is 14.7. The third kappa shape index (κ3) is 5.82. The van der Waals surface area contributed by atoms with Gasteiger partial charge in [-0.2, -0.15) is 15.0 Å². The lowest BCUT2D eigenvalue weighted by atomic mass is 10.1. The lowest BCUT2D eigenvalue weighted by molar-refractivity contribution is 0.410. The van der Waals surface area contributed by atoms with Crippen LogP contribution in [0.5, 0.6) is 11.8 Å². The van der Waals surface area contributed by atoms with Crippen molar-refractivity contribution in [2.24, 2.45) is 0 Å². The van der Waals surface area contributed by atoms with Crippen LogP contribution < -0.4 is 15.4 Å². The summed E-state index contributed by atoms with van der Waals surface area (Å²) in [5.74, 6) is 0.255. The molecular formula is C23H25ClFN5O. The molecule has 2 aromatic carbocycles. The number of anilines is 3. The Kier molecular flexibility index (Phi) is 6.82. The van der Waals surface area contributed by atoms with E-state index in [4.69, 9.17) is 16.3 Å². The number of benzene rings is 2. The molecule has 1 saturated carbocycles. The van der Waals surface area contributed by atoms with Crippen molar-refractivity contribution in [2.45, 2.75) is 51.5 Å². The number of ether oxygens (including phenoxy) is 1. The van der Waals surface area contributed by atoms with Crippen LogP contribution in [0.2, 0.25) is 5.02 Å². The Labute approximate surface area is 186 Å². The van der Waals surface area contributed by atoms with E-state index in [2.05, 4.69) is 25.6 Å². The topological polar surface area (TPSA) is 72.0 Å². The van der Waals surface area contributed by atoms with Crippen molar-refractivity contribution in [1.29, 1.82) is 0 Å². The predicted molar refractivity (Wildman–Crippen MR) is 121 cm³/mol. The van der Waals surface area contributed by atoms with E-state index in [9.17, 15) is 4.39 Å². The van der Waals surface area contributed by atoms with Gasteiger partial charge >= 0.3 is 6.01 Å². The van der Waals surface area contributed by atoms with Crippen LogP contribution in [0.3, 0.4) is 0 Å². The Balaban J connectivity index is 1.62. The highest BCUT2D eigenvalue weighted by Crippen LogP contribution is 2.27. The monoisotopic (exact) mass is 441 g/mol. The molecule has 6 nitrogen and oxygen atoms in total. The van der Waals surface area contributed by atoms with Crippen LogP contribution in [-0.4, -0.2) is 21.0 Å². The largest absolute Gasteiger partial charge is 0.421 e. The highest BCUT2D eigenvalue weighted by molar-refractivity contribution is 6.31. The molecule has 1 aliphatic carbocycles. The van der Waals surface area contributed by atoms with E-state index < -0.39 is 5.82 Å². The molecule has 2 N–H and O–H groups in total.